The number of aryl methyl sites for hydroxylation is 1. The van der Waals surface area contributed by atoms with Crippen LogP contribution in [0, 0.1) is 0 Å². The molecule has 2 aromatic carbocycles. The lowest BCUT2D eigenvalue weighted by Crippen LogP contribution is -2.04. The summed E-state index contributed by atoms with van der Waals surface area (Å²) in [7, 11) is 0. The number of halogens is 1. The van der Waals surface area contributed by atoms with E-state index in [9.17, 15) is 0 Å². The van der Waals surface area contributed by atoms with E-state index in [4.69, 9.17) is 10.5 Å². The molecule has 0 aromatic heterocycles. The van der Waals surface area contributed by atoms with Crippen LogP contribution in [0.2, 0.25) is 0 Å². The van der Waals surface area contributed by atoms with Crippen molar-refractivity contribution in [2.75, 3.05) is 12.3 Å². The van der Waals surface area contributed by atoms with Gasteiger partial charge in [-0.15, -0.1) is 0 Å². The first-order valence-electron chi connectivity index (χ1n) is 6.45. The molecule has 0 aliphatic heterocycles. The number of hydrogen-bond donors (Lipinski definition) is 1. The molecule has 2 N–H and O–H groups in total. The summed E-state index contributed by atoms with van der Waals surface area (Å²) >= 11 is 3.52. The highest BCUT2D eigenvalue weighted by molar-refractivity contribution is 9.10. The number of ether oxygens (including phenoxy) is 1. The van der Waals surface area contributed by atoms with Crippen LogP contribution in [0.15, 0.2) is 46.9 Å². The molecule has 2 rings (SSSR count). The van der Waals surface area contributed by atoms with Crippen LogP contribution in [-0.2, 0) is 12.8 Å². The molecule has 100 valence electrons. The van der Waals surface area contributed by atoms with E-state index in [1.54, 1.807) is 0 Å². The number of anilines is 1. The number of nitrogens with two attached hydrogens (primary N) is 1. The normalized spacial score (nSPS) is 10.4. The van der Waals surface area contributed by atoms with Gasteiger partial charge in [0.15, 0.2) is 5.75 Å². The lowest BCUT2D eigenvalue weighted by molar-refractivity contribution is 0.321. The van der Waals surface area contributed by atoms with Crippen molar-refractivity contribution in [1.29, 1.82) is 0 Å². The Morgan fingerprint density at radius 1 is 1.11 bits per heavy atom. The zero-order valence-corrected chi connectivity index (χ0v) is 12.6. The van der Waals surface area contributed by atoms with Gasteiger partial charge in [-0.1, -0.05) is 37.3 Å². The molecule has 0 spiro atoms. The Morgan fingerprint density at radius 3 is 2.47 bits per heavy atom. The lowest BCUT2D eigenvalue weighted by atomic mass is 10.1. The van der Waals surface area contributed by atoms with Gasteiger partial charge in [0.2, 0.25) is 0 Å². The van der Waals surface area contributed by atoms with Gasteiger partial charge in [-0.05, 0) is 45.6 Å². The molecule has 3 heteroatoms. The molecule has 0 bridgehead atoms. The number of rotatable bonds is 5. The van der Waals surface area contributed by atoms with Gasteiger partial charge in [-0.2, -0.15) is 0 Å². The fourth-order valence-electron chi connectivity index (χ4n) is 1.95. The molecule has 0 saturated carbocycles. The smallest absolute Gasteiger partial charge is 0.156 e. The average Bonchev–Trinajstić information content (AvgIpc) is 2.42. The first kappa shape index (κ1) is 13.9. The Kier molecular flexibility index (Phi) is 4.86. The maximum Gasteiger partial charge on any atom is 0.156 e. The predicted octanol–water partition coefficient (Wildman–Crippen LogP) is 4.22. The first-order valence-corrected chi connectivity index (χ1v) is 7.24. The molecule has 0 saturated heterocycles. The summed E-state index contributed by atoms with van der Waals surface area (Å²) in [5.74, 6) is 0.744. The quantitative estimate of drug-likeness (QED) is 0.838. The van der Waals surface area contributed by atoms with Gasteiger partial charge in [0, 0.05) is 6.42 Å². The molecule has 0 amide bonds. The highest BCUT2D eigenvalue weighted by Gasteiger charge is 2.07. The van der Waals surface area contributed by atoms with E-state index in [2.05, 4.69) is 41.1 Å². The summed E-state index contributed by atoms with van der Waals surface area (Å²) < 4.78 is 6.73. The van der Waals surface area contributed by atoms with Gasteiger partial charge in [-0.3, -0.25) is 0 Å². The van der Waals surface area contributed by atoms with Gasteiger partial charge in [-0.25, -0.2) is 0 Å². The molecule has 19 heavy (non-hydrogen) atoms. The summed E-state index contributed by atoms with van der Waals surface area (Å²) in [6.07, 6.45) is 1.84. The standard InChI is InChI=1S/C16H18BrNO/c1-2-12-10-14(17)16(15(18)11-12)19-9-8-13-6-4-3-5-7-13/h3-7,10-11H,2,8-9,18H2,1H3. The van der Waals surface area contributed by atoms with E-state index in [0.717, 1.165) is 23.1 Å². The molecular formula is C16H18BrNO. The molecule has 0 atom stereocenters. The second-order valence-electron chi connectivity index (χ2n) is 4.43. The summed E-state index contributed by atoms with van der Waals surface area (Å²) in [6.45, 7) is 2.73. The van der Waals surface area contributed by atoms with E-state index >= 15 is 0 Å². The van der Waals surface area contributed by atoms with E-state index in [1.165, 1.54) is 11.1 Å². The Hall–Kier alpha value is -1.48. The van der Waals surface area contributed by atoms with Crippen LogP contribution >= 0.6 is 15.9 Å². The van der Waals surface area contributed by atoms with Crippen LogP contribution in [0.4, 0.5) is 5.69 Å². The van der Waals surface area contributed by atoms with Crippen molar-refractivity contribution in [3.63, 3.8) is 0 Å². The maximum atomic E-state index is 6.02. The Labute approximate surface area is 122 Å². The van der Waals surface area contributed by atoms with Crippen LogP contribution < -0.4 is 10.5 Å². The number of benzene rings is 2. The van der Waals surface area contributed by atoms with E-state index in [-0.39, 0.29) is 0 Å². The molecule has 0 heterocycles. The first-order chi connectivity index (χ1) is 9.20. The lowest BCUT2D eigenvalue weighted by Gasteiger charge is -2.12. The summed E-state index contributed by atoms with van der Waals surface area (Å²) in [5, 5.41) is 0. The zero-order valence-electron chi connectivity index (χ0n) is 11.0. The third-order valence-electron chi connectivity index (χ3n) is 3.02. The van der Waals surface area contributed by atoms with Gasteiger partial charge < -0.3 is 10.5 Å². The minimum Gasteiger partial charge on any atom is -0.490 e. The van der Waals surface area contributed by atoms with Crippen molar-refractivity contribution in [3.05, 3.63) is 58.1 Å². The maximum absolute atomic E-state index is 6.02. The number of hydrogen-bond acceptors (Lipinski definition) is 2. The van der Waals surface area contributed by atoms with Crippen molar-refractivity contribution in [2.24, 2.45) is 0 Å². The molecule has 0 unspecified atom stereocenters. The van der Waals surface area contributed by atoms with Gasteiger partial charge >= 0.3 is 0 Å². The van der Waals surface area contributed by atoms with E-state index in [0.29, 0.717) is 12.3 Å². The van der Waals surface area contributed by atoms with Crippen LogP contribution in [0.25, 0.3) is 0 Å². The summed E-state index contributed by atoms with van der Waals surface area (Å²) in [5.41, 5.74) is 9.19. The molecule has 0 aliphatic rings. The highest BCUT2D eigenvalue weighted by atomic mass is 79.9. The van der Waals surface area contributed by atoms with Crippen molar-refractivity contribution in [1.82, 2.24) is 0 Å². The molecule has 0 aliphatic carbocycles. The Bertz CT molecular complexity index is 517. The molecule has 0 radical (unpaired) electrons. The van der Waals surface area contributed by atoms with Crippen molar-refractivity contribution in [3.8, 4) is 5.75 Å². The van der Waals surface area contributed by atoms with Gasteiger partial charge in [0.05, 0.1) is 16.8 Å². The summed E-state index contributed by atoms with van der Waals surface area (Å²) in [4.78, 5) is 0. The second kappa shape index (κ2) is 6.62. The Balaban J connectivity index is 2.00. The van der Waals surface area contributed by atoms with E-state index in [1.807, 2.05) is 24.3 Å². The average molecular weight is 320 g/mol. The monoisotopic (exact) mass is 319 g/mol. The minimum absolute atomic E-state index is 0.623. The van der Waals surface area contributed by atoms with Crippen LogP contribution in [0.5, 0.6) is 5.75 Å². The minimum atomic E-state index is 0.623. The summed E-state index contributed by atoms with van der Waals surface area (Å²) in [6, 6.07) is 14.3. The molecular weight excluding hydrogens is 302 g/mol. The van der Waals surface area contributed by atoms with Crippen molar-refractivity contribution in [2.45, 2.75) is 19.8 Å². The zero-order chi connectivity index (χ0) is 13.7. The van der Waals surface area contributed by atoms with Crippen LogP contribution in [0.3, 0.4) is 0 Å². The van der Waals surface area contributed by atoms with Crippen LogP contribution in [0.1, 0.15) is 18.1 Å². The molecule has 0 fully saturated rings. The number of nitrogen functional groups attached to an aromatic ring is 1. The van der Waals surface area contributed by atoms with E-state index < -0.39 is 0 Å². The van der Waals surface area contributed by atoms with Gasteiger partial charge in [0.1, 0.15) is 0 Å². The topological polar surface area (TPSA) is 35.2 Å². The van der Waals surface area contributed by atoms with Crippen LogP contribution in [-0.4, -0.2) is 6.61 Å². The van der Waals surface area contributed by atoms with Crippen molar-refractivity contribution >= 4 is 21.6 Å². The fourth-order valence-corrected chi connectivity index (χ4v) is 2.58. The highest BCUT2D eigenvalue weighted by Crippen LogP contribution is 2.33. The molecule has 2 aromatic rings. The second-order valence-corrected chi connectivity index (χ2v) is 5.29. The fraction of sp³-hybridized carbons (Fsp3) is 0.250. The predicted molar refractivity (Wildman–Crippen MR) is 83.6 cm³/mol. The van der Waals surface area contributed by atoms with Gasteiger partial charge in [0.25, 0.3) is 0 Å². The van der Waals surface area contributed by atoms with Crippen molar-refractivity contribution < 1.29 is 4.74 Å². The largest absolute Gasteiger partial charge is 0.490 e. The third kappa shape index (κ3) is 3.74. The Morgan fingerprint density at radius 2 is 1.84 bits per heavy atom. The molecule has 2 nitrogen and oxygen atoms in total. The third-order valence-corrected chi connectivity index (χ3v) is 3.61. The SMILES string of the molecule is CCc1cc(N)c(OCCc2ccccc2)c(Br)c1.